The molecule has 2 amide bonds. The Hall–Kier alpha value is -2.50. The third kappa shape index (κ3) is 3.16. The number of para-hydroxylation sites is 1. The van der Waals surface area contributed by atoms with Gasteiger partial charge in [0.1, 0.15) is 6.04 Å². The van der Waals surface area contributed by atoms with E-state index in [4.69, 9.17) is 0 Å². The van der Waals surface area contributed by atoms with E-state index >= 15 is 0 Å². The van der Waals surface area contributed by atoms with Gasteiger partial charge in [0.05, 0.1) is 0 Å². The minimum atomic E-state index is -1.04. The van der Waals surface area contributed by atoms with Crippen LogP contribution in [-0.4, -0.2) is 34.2 Å². The minimum absolute atomic E-state index is 0.201. The van der Waals surface area contributed by atoms with Crippen LogP contribution in [0.1, 0.15) is 18.4 Å². The Morgan fingerprint density at radius 3 is 2.81 bits per heavy atom. The van der Waals surface area contributed by atoms with Crippen molar-refractivity contribution < 1.29 is 14.7 Å². The number of hydrogen-bond donors (Lipinski definition) is 4. The number of aromatic nitrogens is 1. The number of hydrogen-bond acceptors (Lipinski definition) is 2. The number of aliphatic carboxylic acids is 1. The number of urea groups is 1. The highest BCUT2D eigenvalue weighted by Gasteiger charge is 2.26. The molecular formula is C15H17N3O3. The summed E-state index contributed by atoms with van der Waals surface area (Å²) in [6.45, 7) is 0. The normalized spacial score (nSPS) is 15.6. The number of aromatic amines is 1. The van der Waals surface area contributed by atoms with Crippen molar-refractivity contribution in [3.63, 3.8) is 0 Å². The number of amides is 2. The second-order valence-corrected chi connectivity index (χ2v) is 5.35. The largest absolute Gasteiger partial charge is 0.480 e. The van der Waals surface area contributed by atoms with Crippen LogP contribution in [0.25, 0.3) is 10.9 Å². The summed E-state index contributed by atoms with van der Waals surface area (Å²) in [5, 5.41) is 15.5. The summed E-state index contributed by atoms with van der Waals surface area (Å²) < 4.78 is 0. The molecule has 1 atom stereocenters. The molecule has 1 aliphatic carbocycles. The molecule has 1 aromatic carbocycles. The lowest BCUT2D eigenvalue weighted by Crippen LogP contribution is -2.47. The highest BCUT2D eigenvalue weighted by molar-refractivity contribution is 5.86. The van der Waals surface area contributed by atoms with E-state index in [9.17, 15) is 14.7 Å². The molecule has 0 saturated heterocycles. The van der Waals surface area contributed by atoms with Crippen LogP contribution in [0.15, 0.2) is 30.5 Å². The van der Waals surface area contributed by atoms with Gasteiger partial charge in [0, 0.05) is 29.6 Å². The fraction of sp³-hybridized carbons (Fsp3) is 0.333. The van der Waals surface area contributed by atoms with Crippen molar-refractivity contribution in [1.82, 2.24) is 15.6 Å². The van der Waals surface area contributed by atoms with Gasteiger partial charge in [-0.15, -0.1) is 0 Å². The molecule has 0 aliphatic heterocycles. The van der Waals surface area contributed by atoms with Crippen LogP contribution in [0.2, 0.25) is 0 Å². The molecule has 1 fully saturated rings. The molecule has 1 aromatic heterocycles. The maximum Gasteiger partial charge on any atom is 0.326 e. The molecule has 21 heavy (non-hydrogen) atoms. The molecule has 0 radical (unpaired) electrons. The highest BCUT2D eigenvalue weighted by atomic mass is 16.4. The number of carboxylic acids is 1. The third-order valence-corrected chi connectivity index (χ3v) is 3.61. The summed E-state index contributed by atoms with van der Waals surface area (Å²) in [4.78, 5) is 26.2. The molecule has 6 nitrogen and oxygen atoms in total. The van der Waals surface area contributed by atoms with Crippen LogP contribution in [0.5, 0.6) is 0 Å². The third-order valence-electron chi connectivity index (χ3n) is 3.61. The average Bonchev–Trinajstić information content (AvgIpc) is 3.17. The van der Waals surface area contributed by atoms with Gasteiger partial charge in [0.15, 0.2) is 0 Å². The monoisotopic (exact) mass is 287 g/mol. The topological polar surface area (TPSA) is 94.2 Å². The summed E-state index contributed by atoms with van der Waals surface area (Å²) in [5.74, 6) is -1.04. The van der Waals surface area contributed by atoms with E-state index in [0.29, 0.717) is 0 Å². The van der Waals surface area contributed by atoms with Gasteiger partial charge in [-0.05, 0) is 24.5 Å². The second kappa shape index (κ2) is 5.47. The van der Waals surface area contributed by atoms with E-state index < -0.39 is 18.0 Å². The molecule has 0 spiro atoms. The number of carbonyl (C=O) groups is 2. The van der Waals surface area contributed by atoms with Crippen molar-refractivity contribution in [3.8, 4) is 0 Å². The lowest BCUT2D eigenvalue weighted by Gasteiger charge is -2.14. The van der Waals surface area contributed by atoms with E-state index in [-0.39, 0.29) is 12.5 Å². The van der Waals surface area contributed by atoms with Gasteiger partial charge in [0.2, 0.25) is 0 Å². The van der Waals surface area contributed by atoms with Gasteiger partial charge < -0.3 is 20.7 Å². The number of carboxylic acid groups (broad SMARTS) is 1. The highest BCUT2D eigenvalue weighted by Crippen LogP contribution is 2.20. The van der Waals surface area contributed by atoms with Gasteiger partial charge in [-0.3, -0.25) is 0 Å². The van der Waals surface area contributed by atoms with Crippen molar-refractivity contribution in [2.24, 2.45) is 0 Å². The van der Waals surface area contributed by atoms with Crippen LogP contribution in [0.4, 0.5) is 4.79 Å². The number of fused-ring (bicyclic) bond motifs is 1. The Bertz CT molecular complexity index is 676. The first-order valence-corrected chi connectivity index (χ1v) is 6.98. The molecular weight excluding hydrogens is 270 g/mol. The maximum atomic E-state index is 11.7. The van der Waals surface area contributed by atoms with Crippen molar-refractivity contribution in [2.75, 3.05) is 0 Å². The number of rotatable bonds is 5. The van der Waals surface area contributed by atoms with E-state index in [1.807, 2.05) is 24.3 Å². The summed E-state index contributed by atoms with van der Waals surface area (Å²) in [6, 6.07) is 6.54. The van der Waals surface area contributed by atoms with Gasteiger partial charge in [-0.2, -0.15) is 0 Å². The first-order chi connectivity index (χ1) is 10.1. The van der Waals surface area contributed by atoms with Crippen molar-refractivity contribution in [3.05, 3.63) is 36.0 Å². The van der Waals surface area contributed by atoms with Crippen molar-refractivity contribution in [2.45, 2.75) is 31.3 Å². The Morgan fingerprint density at radius 1 is 1.33 bits per heavy atom. The molecule has 1 saturated carbocycles. The molecule has 110 valence electrons. The first-order valence-electron chi connectivity index (χ1n) is 6.98. The van der Waals surface area contributed by atoms with Crippen LogP contribution < -0.4 is 10.6 Å². The number of carbonyl (C=O) groups excluding carboxylic acids is 1. The van der Waals surface area contributed by atoms with Crippen molar-refractivity contribution in [1.29, 1.82) is 0 Å². The summed E-state index contributed by atoms with van der Waals surface area (Å²) in [5.41, 5.74) is 1.84. The zero-order valence-corrected chi connectivity index (χ0v) is 11.4. The van der Waals surface area contributed by atoms with Gasteiger partial charge in [-0.25, -0.2) is 9.59 Å². The van der Waals surface area contributed by atoms with Gasteiger partial charge in [-0.1, -0.05) is 18.2 Å². The van der Waals surface area contributed by atoms with Crippen LogP contribution in [-0.2, 0) is 11.2 Å². The Balaban J connectivity index is 1.72. The SMILES string of the molecule is O=C(NC1CC1)N[C@@H](Cc1c[nH]c2ccccc12)C(=O)O. The fourth-order valence-electron chi connectivity index (χ4n) is 2.33. The average molecular weight is 287 g/mol. The van der Waals surface area contributed by atoms with Gasteiger partial charge in [0.25, 0.3) is 0 Å². The lowest BCUT2D eigenvalue weighted by molar-refractivity contribution is -0.139. The summed E-state index contributed by atoms with van der Waals surface area (Å²) in [7, 11) is 0. The zero-order chi connectivity index (χ0) is 14.8. The molecule has 1 aliphatic rings. The van der Waals surface area contributed by atoms with Crippen LogP contribution in [0.3, 0.4) is 0 Å². The molecule has 0 unspecified atom stereocenters. The van der Waals surface area contributed by atoms with E-state index in [0.717, 1.165) is 29.3 Å². The lowest BCUT2D eigenvalue weighted by atomic mass is 10.1. The van der Waals surface area contributed by atoms with E-state index in [1.165, 1.54) is 0 Å². The number of nitrogens with one attached hydrogen (secondary N) is 3. The Morgan fingerprint density at radius 2 is 2.10 bits per heavy atom. The number of H-pyrrole nitrogens is 1. The minimum Gasteiger partial charge on any atom is -0.480 e. The summed E-state index contributed by atoms with van der Waals surface area (Å²) >= 11 is 0. The fourth-order valence-corrected chi connectivity index (χ4v) is 2.33. The molecule has 2 aromatic rings. The van der Waals surface area contributed by atoms with Crippen LogP contribution >= 0.6 is 0 Å². The second-order valence-electron chi connectivity index (χ2n) is 5.35. The molecule has 0 bridgehead atoms. The summed E-state index contributed by atoms with van der Waals surface area (Å²) in [6.07, 6.45) is 3.97. The van der Waals surface area contributed by atoms with Gasteiger partial charge >= 0.3 is 12.0 Å². The van der Waals surface area contributed by atoms with E-state index in [1.54, 1.807) is 6.20 Å². The molecule has 1 heterocycles. The molecule has 6 heteroatoms. The Kier molecular flexibility index (Phi) is 3.51. The van der Waals surface area contributed by atoms with Crippen molar-refractivity contribution >= 4 is 22.9 Å². The predicted octanol–water partition coefficient (Wildman–Crippen LogP) is 1.63. The van der Waals surface area contributed by atoms with Crippen LogP contribution in [0, 0.1) is 0 Å². The predicted molar refractivity (Wildman–Crippen MR) is 78.1 cm³/mol. The molecule has 3 rings (SSSR count). The smallest absolute Gasteiger partial charge is 0.326 e. The molecule has 4 N–H and O–H groups in total. The maximum absolute atomic E-state index is 11.7. The first kappa shape index (κ1) is 13.5. The Labute approximate surface area is 121 Å². The van der Waals surface area contributed by atoms with E-state index in [2.05, 4.69) is 15.6 Å². The zero-order valence-electron chi connectivity index (χ0n) is 11.4. The number of benzene rings is 1. The quantitative estimate of drug-likeness (QED) is 0.673. The standard InChI is InChI=1S/C15H17N3O3/c19-14(20)13(18-15(21)17-10-5-6-10)7-9-8-16-12-4-2-1-3-11(9)12/h1-4,8,10,13,16H,5-7H2,(H,19,20)(H2,17,18,21)/t13-/m0/s1.